The van der Waals surface area contributed by atoms with Gasteiger partial charge in [-0.3, -0.25) is 0 Å². The average molecular weight is 266 g/mol. The van der Waals surface area contributed by atoms with E-state index in [1.807, 2.05) is 0 Å². The molecular weight excluding hydrogens is 235 g/mol. The van der Waals surface area contributed by atoms with Crippen LogP contribution in [0.5, 0.6) is 0 Å². The first-order chi connectivity index (χ1) is 8.15. The third-order valence-electron chi connectivity index (χ3n) is 2.71. The van der Waals surface area contributed by atoms with E-state index in [0.717, 1.165) is 0 Å². The molecule has 0 aliphatic heterocycles. The molecule has 0 spiro atoms. The third kappa shape index (κ3) is 31.4. The maximum atomic E-state index is 7.23. The highest BCUT2D eigenvalue weighted by molar-refractivity contribution is 7.38. The van der Waals surface area contributed by atoms with Gasteiger partial charge in [-0.25, -0.2) is 0 Å². The minimum Gasteiger partial charge on any atom is -0.328 e. The molecule has 0 rings (SSSR count). The molecule has 0 aliphatic rings. The van der Waals surface area contributed by atoms with Crippen LogP contribution in [0.4, 0.5) is 0 Å². The van der Waals surface area contributed by atoms with Crippen molar-refractivity contribution < 1.29 is 14.7 Å². The van der Waals surface area contributed by atoms with E-state index in [4.69, 9.17) is 14.7 Å². The van der Waals surface area contributed by atoms with E-state index in [1.54, 1.807) is 0 Å². The molecule has 0 aliphatic carbocycles. The SMILES string of the molecule is CCCCCCCCCCCCC.OP(O)O. The molecule has 0 saturated heterocycles. The predicted molar refractivity (Wildman–Crippen MR) is 75.7 cm³/mol. The summed E-state index contributed by atoms with van der Waals surface area (Å²) in [4.78, 5) is 21.7. The number of unbranched alkanes of at least 4 members (excludes halogenated alkanes) is 10. The molecule has 106 valence electrons. The fourth-order valence-electron chi connectivity index (χ4n) is 1.74. The molecule has 0 heterocycles. The molecule has 0 atom stereocenters. The maximum Gasteiger partial charge on any atom is 0.324 e. The van der Waals surface area contributed by atoms with E-state index in [9.17, 15) is 0 Å². The summed E-state index contributed by atoms with van der Waals surface area (Å²) in [5.41, 5.74) is 0. The van der Waals surface area contributed by atoms with Gasteiger partial charge in [0.05, 0.1) is 0 Å². The van der Waals surface area contributed by atoms with Crippen molar-refractivity contribution in [1.82, 2.24) is 0 Å². The van der Waals surface area contributed by atoms with Crippen LogP contribution in [-0.4, -0.2) is 14.7 Å². The quantitative estimate of drug-likeness (QED) is 0.403. The first-order valence-corrected chi connectivity index (χ1v) is 8.21. The molecule has 0 aromatic carbocycles. The molecule has 4 heteroatoms. The van der Waals surface area contributed by atoms with Gasteiger partial charge in [0.1, 0.15) is 0 Å². The molecule has 0 aromatic heterocycles. The molecule has 0 saturated carbocycles. The van der Waals surface area contributed by atoms with Gasteiger partial charge in [-0.2, -0.15) is 0 Å². The minimum atomic E-state index is -2.62. The van der Waals surface area contributed by atoms with Crippen molar-refractivity contribution in [2.24, 2.45) is 0 Å². The van der Waals surface area contributed by atoms with Gasteiger partial charge >= 0.3 is 8.60 Å². The Labute approximate surface area is 108 Å². The van der Waals surface area contributed by atoms with Crippen molar-refractivity contribution in [1.29, 1.82) is 0 Å². The summed E-state index contributed by atoms with van der Waals surface area (Å²) in [6.07, 6.45) is 15.9. The lowest BCUT2D eigenvalue weighted by atomic mass is 10.1. The van der Waals surface area contributed by atoms with Crippen LogP contribution in [0.1, 0.15) is 84.5 Å². The standard InChI is InChI=1S/C13H28.H3O3P/c1-3-5-7-9-11-13-12-10-8-6-4-2;1-4(2)3/h3-13H2,1-2H3;1-3H. The summed E-state index contributed by atoms with van der Waals surface area (Å²) >= 11 is 0. The molecular formula is C13H31O3P. The Kier molecular flexibility index (Phi) is 21.6. The first kappa shape index (κ1) is 19.6. The smallest absolute Gasteiger partial charge is 0.324 e. The summed E-state index contributed by atoms with van der Waals surface area (Å²) < 4.78 is 0. The van der Waals surface area contributed by atoms with Gasteiger partial charge in [-0.1, -0.05) is 84.5 Å². The summed E-state index contributed by atoms with van der Waals surface area (Å²) in [7, 11) is -2.62. The second-order valence-electron chi connectivity index (χ2n) is 4.45. The lowest BCUT2D eigenvalue weighted by molar-refractivity contribution is 0.368. The monoisotopic (exact) mass is 266 g/mol. The zero-order valence-corrected chi connectivity index (χ0v) is 12.5. The zero-order valence-electron chi connectivity index (χ0n) is 11.6. The van der Waals surface area contributed by atoms with Crippen molar-refractivity contribution in [3.63, 3.8) is 0 Å². The molecule has 0 fully saturated rings. The molecule has 3 nitrogen and oxygen atoms in total. The molecule has 17 heavy (non-hydrogen) atoms. The Hall–Kier alpha value is 0.310. The second kappa shape index (κ2) is 18.7. The Morgan fingerprint density at radius 2 is 0.706 bits per heavy atom. The van der Waals surface area contributed by atoms with E-state index in [-0.39, 0.29) is 0 Å². The van der Waals surface area contributed by atoms with E-state index in [1.165, 1.54) is 70.6 Å². The average Bonchev–Trinajstić information content (AvgIpc) is 2.26. The lowest BCUT2D eigenvalue weighted by Crippen LogP contribution is -1.80. The topological polar surface area (TPSA) is 60.7 Å². The van der Waals surface area contributed by atoms with Crippen molar-refractivity contribution in [2.45, 2.75) is 84.5 Å². The molecule has 0 aromatic rings. The van der Waals surface area contributed by atoms with Gasteiger partial charge in [0, 0.05) is 0 Å². The fraction of sp³-hybridized carbons (Fsp3) is 1.00. The van der Waals surface area contributed by atoms with E-state index < -0.39 is 8.60 Å². The summed E-state index contributed by atoms with van der Waals surface area (Å²) in [5, 5.41) is 0. The Morgan fingerprint density at radius 3 is 0.882 bits per heavy atom. The van der Waals surface area contributed by atoms with Crippen LogP contribution >= 0.6 is 8.60 Å². The largest absolute Gasteiger partial charge is 0.328 e. The Morgan fingerprint density at radius 1 is 0.529 bits per heavy atom. The highest BCUT2D eigenvalue weighted by Crippen LogP contribution is 2.11. The van der Waals surface area contributed by atoms with Crippen LogP contribution in [0.3, 0.4) is 0 Å². The molecule has 3 N–H and O–H groups in total. The van der Waals surface area contributed by atoms with Gasteiger partial charge < -0.3 is 14.7 Å². The van der Waals surface area contributed by atoms with Crippen LogP contribution in [0.2, 0.25) is 0 Å². The third-order valence-corrected chi connectivity index (χ3v) is 2.71. The number of rotatable bonds is 10. The Bertz CT molecular complexity index is 108. The van der Waals surface area contributed by atoms with E-state index in [0.29, 0.717) is 0 Å². The number of hydrogen-bond donors (Lipinski definition) is 3. The van der Waals surface area contributed by atoms with E-state index >= 15 is 0 Å². The fourth-order valence-corrected chi connectivity index (χ4v) is 1.74. The van der Waals surface area contributed by atoms with Crippen molar-refractivity contribution >= 4 is 8.60 Å². The highest BCUT2D eigenvalue weighted by Gasteiger charge is 1.90. The summed E-state index contributed by atoms with van der Waals surface area (Å²) in [6, 6.07) is 0. The van der Waals surface area contributed by atoms with E-state index in [2.05, 4.69) is 13.8 Å². The first-order valence-electron chi connectivity index (χ1n) is 7.01. The van der Waals surface area contributed by atoms with Gasteiger partial charge in [0.2, 0.25) is 0 Å². The Balaban J connectivity index is 0. The summed E-state index contributed by atoms with van der Waals surface area (Å²) in [6.45, 7) is 4.56. The zero-order chi connectivity index (χ0) is 13.4. The van der Waals surface area contributed by atoms with Crippen molar-refractivity contribution in [2.75, 3.05) is 0 Å². The van der Waals surface area contributed by atoms with Gasteiger partial charge in [0.15, 0.2) is 0 Å². The lowest BCUT2D eigenvalue weighted by Gasteiger charge is -2.00. The minimum absolute atomic E-state index is 1.37. The normalized spacial score (nSPS) is 10.2. The van der Waals surface area contributed by atoms with Crippen molar-refractivity contribution in [3.05, 3.63) is 0 Å². The number of hydrogen-bond acceptors (Lipinski definition) is 3. The van der Waals surface area contributed by atoms with Crippen molar-refractivity contribution in [3.8, 4) is 0 Å². The van der Waals surface area contributed by atoms with Crippen LogP contribution in [0.15, 0.2) is 0 Å². The van der Waals surface area contributed by atoms with Gasteiger partial charge in [0.25, 0.3) is 0 Å². The second-order valence-corrected chi connectivity index (χ2v) is 4.99. The van der Waals surface area contributed by atoms with Gasteiger partial charge in [-0.05, 0) is 0 Å². The van der Waals surface area contributed by atoms with Crippen LogP contribution in [-0.2, 0) is 0 Å². The van der Waals surface area contributed by atoms with Crippen LogP contribution in [0, 0.1) is 0 Å². The van der Waals surface area contributed by atoms with Crippen LogP contribution in [0.25, 0.3) is 0 Å². The van der Waals surface area contributed by atoms with Crippen LogP contribution < -0.4 is 0 Å². The predicted octanol–water partition coefficient (Wildman–Crippen LogP) is 4.51. The molecule has 0 unspecified atom stereocenters. The molecule has 0 amide bonds. The van der Waals surface area contributed by atoms with Gasteiger partial charge in [-0.15, -0.1) is 0 Å². The molecule has 0 bridgehead atoms. The molecule has 0 radical (unpaired) electrons. The highest BCUT2D eigenvalue weighted by atomic mass is 31.2. The summed E-state index contributed by atoms with van der Waals surface area (Å²) in [5.74, 6) is 0. The maximum absolute atomic E-state index is 7.23.